The first-order chi connectivity index (χ1) is 9.16. The Balaban J connectivity index is 1.79. The van der Waals surface area contributed by atoms with Crippen LogP contribution in [0.1, 0.15) is 10.4 Å². The molecule has 0 saturated heterocycles. The van der Waals surface area contributed by atoms with Gasteiger partial charge >= 0.3 is 0 Å². The summed E-state index contributed by atoms with van der Waals surface area (Å²) in [5, 5.41) is 12.3. The number of carbonyl (C=O) groups is 1. The highest BCUT2D eigenvalue weighted by atomic mass is 16.3. The minimum Gasteiger partial charge on any atom is -0.507 e. The van der Waals surface area contributed by atoms with E-state index in [2.05, 4.69) is 5.32 Å². The van der Waals surface area contributed by atoms with Gasteiger partial charge in [0.25, 0.3) is 5.91 Å². The summed E-state index contributed by atoms with van der Waals surface area (Å²) in [6.45, 7) is 1.94. The van der Waals surface area contributed by atoms with Crippen LogP contribution in [-0.2, 0) is 0 Å². The molecule has 1 aromatic carbocycles. The molecule has 0 spiro atoms. The fourth-order valence-corrected chi connectivity index (χ4v) is 1.78. The van der Waals surface area contributed by atoms with E-state index in [9.17, 15) is 9.90 Å². The van der Waals surface area contributed by atoms with Crippen LogP contribution in [0.15, 0.2) is 48.3 Å². The fourth-order valence-electron chi connectivity index (χ4n) is 1.78. The lowest BCUT2D eigenvalue weighted by Crippen LogP contribution is -2.33. The Morgan fingerprint density at radius 1 is 1.42 bits per heavy atom. The van der Waals surface area contributed by atoms with Gasteiger partial charge in [-0.05, 0) is 24.3 Å². The number of nitrogens with zero attached hydrogens (tertiary/aromatic N) is 1. The Morgan fingerprint density at radius 2 is 2.21 bits per heavy atom. The molecule has 0 fully saturated rings. The second-order valence-electron chi connectivity index (χ2n) is 4.29. The van der Waals surface area contributed by atoms with Crippen molar-refractivity contribution in [1.82, 2.24) is 10.2 Å². The molecule has 1 amide bonds. The van der Waals surface area contributed by atoms with Crippen molar-refractivity contribution >= 4 is 5.91 Å². The van der Waals surface area contributed by atoms with Gasteiger partial charge in [0.05, 0.1) is 5.56 Å². The van der Waals surface area contributed by atoms with Crippen molar-refractivity contribution in [2.45, 2.75) is 0 Å². The summed E-state index contributed by atoms with van der Waals surface area (Å²) in [5.74, 6) is -0.275. The molecule has 5 heteroatoms. The molecular formula is C14H17N3O2. The average Bonchev–Trinajstić information content (AvgIpc) is 2.41. The molecule has 0 aromatic heterocycles. The van der Waals surface area contributed by atoms with Crippen molar-refractivity contribution in [2.24, 2.45) is 5.73 Å². The Labute approximate surface area is 112 Å². The number of rotatable bonds is 4. The summed E-state index contributed by atoms with van der Waals surface area (Å²) in [5.41, 5.74) is 6.67. The number of allylic oxidation sites excluding steroid dienone is 1. The van der Waals surface area contributed by atoms with Gasteiger partial charge in [-0.2, -0.15) is 0 Å². The number of hydrogen-bond donors (Lipinski definition) is 3. The summed E-state index contributed by atoms with van der Waals surface area (Å²) in [6.07, 6.45) is 5.65. The minimum absolute atomic E-state index is 0.00595. The normalized spacial score (nSPS) is 14.1. The smallest absolute Gasteiger partial charge is 0.255 e. The number of phenolic OH excluding ortho intramolecular Hbond substituents is 1. The van der Waals surface area contributed by atoms with E-state index >= 15 is 0 Å². The van der Waals surface area contributed by atoms with E-state index in [1.165, 1.54) is 6.07 Å². The predicted molar refractivity (Wildman–Crippen MR) is 73.4 cm³/mol. The summed E-state index contributed by atoms with van der Waals surface area (Å²) in [4.78, 5) is 13.9. The summed E-state index contributed by atoms with van der Waals surface area (Å²) < 4.78 is 0. The molecule has 0 atom stereocenters. The molecule has 1 heterocycles. The summed E-state index contributed by atoms with van der Waals surface area (Å²) in [6, 6.07) is 6.49. The lowest BCUT2D eigenvalue weighted by molar-refractivity contribution is 0.0948. The largest absolute Gasteiger partial charge is 0.507 e. The third kappa shape index (κ3) is 3.51. The van der Waals surface area contributed by atoms with Crippen LogP contribution < -0.4 is 11.1 Å². The molecule has 0 radical (unpaired) electrons. The van der Waals surface area contributed by atoms with E-state index in [0.717, 1.165) is 12.2 Å². The van der Waals surface area contributed by atoms with Crippen LogP contribution in [0.25, 0.3) is 0 Å². The van der Waals surface area contributed by atoms with Crippen molar-refractivity contribution in [2.75, 3.05) is 19.6 Å². The van der Waals surface area contributed by atoms with E-state index in [-0.39, 0.29) is 11.7 Å². The fraction of sp³-hybridized carbons (Fsp3) is 0.214. The van der Waals surface area contributed by atoms with Crippen molar-refractivity contribution in [1.29, 1.82) is 0 Å². The Hall–Kier alpha value is -2.43. The third-order valence-corrected chi connectivity index (χ3v) is 2.87. The molecule has 5 nitrogen and oxygen atoms in total. The third-order valence-electron chi connectivity index (χ3n) is 2.87. The lowest BCUT2D eigenvalue weighted by Gasteiger charge is -2.21. The van der Waals surface area contributed by atoms with Gasteiger partial charge in [0.15, 0.2) is 0 Å². The molecule has 1 aliphatic heterocycles. The minimum atomic E-state index is -0.269. The maximum absolute atomic E-state index is 11.8. The zero-order chi connectivity index (χ0) is 13.7. The van der Waals surface area contributed by atoms with Gasteiger partial charge in [-0.25, -0.2) is 0 Å². The molecule has 0 saturated carbocycles. The number of phenols is 1. The SMILES string of the molecule is NC1=CCN(CCNC(=O)c2ccccc2O)C=C1. The molecular weight excluding hydrogens is 242 g/mol. The van der Waals surface area contributed by atoms with Crippen molar-refractivity contribution in [3.63, 3.8) is 0 Å². The second-order valence-corrected chi connectivity index (χ2v) is 4.29. The molecule has 1 aromatic rings. The highest BCUT2D eigenvalue weighted by Crippen LogP contribution is 2.14. The van der Waals surface area contributed by atoms with Crippen molar-refractivity contribution < 1.29 is 9.90 Å². The van der Waals surface area contributed by atoms with Crippen LogP contribution in [0.3, 0.4) is 0 Å². The first-order valence-corrected chi connectivity index (χ1v) is 6.11. The number of benzene rings is 1. The highest BCUT2D eigenvalue weighted by molar-refractivity contribution is 5.96. The average molecular weight is 259 g/mol. The second kappa shape index (κ2) is 5.95. The van der Waals surface area contributed by atoms with Gasteiger partial charge in [-0.3, -0.25) is 4.79 Å². The van der Waals surface area contributed by atoms with Crippen LogP contribution in [0.5, 0.6) is 5.75 Å². The quantitative estimate of drug-likeness (QED) is 0.747. The first-order valence-electron chi connectivity index (χ1n) is 6.11. The maximum atomic E-state index is 11.8. The molecule has 19 heavy (non-hydrogen) atoms. The highest BCUT2D eigenvalue weighted by Gasteiger charge is 2.10. The Kier molecular flexibility index (Phi) is 4.07. The van der Waals surface area contributed by atoms with E-state index in [0.29, 0.717) is 18.7 Å². The number of nitrogens with two attached hydrogens (primary N) is 1. The topological polar surface area (TPSA) is 78.6 Å². The van der Waals surface area contributed by atoms with Crippen molar-refractivity contribution in [3.8, 4) is 5.75 Å². The van der Waals surface area contributed by atoms with Crippen molar-refractivity contribution in [3.05, 3.63) is 53.9 Å². The maximum Gasteiger partial charge on any atom is 0.255 e. The van der Waals surface area contributed by atoms with Gasteiger partial charge in [0, 0.05) is 31.5 Å². The lowest BCUT2D eigenvalue weighted by atomic mass is 10.2. The van der Waals surface area contributed by atoms with Crippen LogP contribution in [-0.4, -0.2) is 35.5 Å². The molecule has 4 N–H and O–H groups in total. The number of nitrogens with one attached hydrogen (secondary N) is 1. The Morgan fingerprint density at radius 3 is 2.89 bits per heavy atom. The van der Waals surface area contributed by atoms with Crippen LogP contribution in [0, 0.1) is 0 Å². The number of para-hydroxylation sites is 1. The molecule has 2 rings (SSSR count). The van der Waals surface area contributed by atoms with Gasteiger partial charge in [0.1, 0.15) is 5.75 Å². The van der Waals surface area contributed by atoms with Crippen LogP contribution in [0.2, 0.25) is 0 Å². The van der Waals surface area contributed by atoms with E-state index < -0.39 is 0 Å². The zero-order valence-corrected chi connectivity index (χ0v) is 10.5. The summed E-state index contributed by atoms with van der Waals surface area (Å²) in [7, 11) is 0. The van der Waals surface area contributed by atoms with Gasteiger partial charge < -0.3 is 21.1 Å². The number of aromatic hydroxyl groups is 1. The first kappa shape index (κ1) is 13.0. The molecule has 100 valence electrons. The number of hydrogen-bond acceptors (Lipinski definition) is 4. The molecule has 1 aliphatic rings. The predicted octanol–water partition coefficient (Wildman–Crippen LogP) is 0.794. The van der Waals surface area contributed by atoms with E-state index in [4.69, 9.17) is 5.73 Å². The van der Waals surface area contributed by atoms with E-state index in [1.807, 2.05) is 23.3 Å². The molecule has 0 bridgehead atoms. The van der Waals surface area contributed by atoms with Crippen LogP contribution in [0.4, 0.5) is 0 Å². The Bertz CT molecular complexity index is 523. The summed E-state index contributed by atoms with van der Waals surface area (Å²) >= 11 is 0. The number of amides is 1. The van der Waals surface area contributed by atoms with Gasteiger partial charge in [-0.1, -0.05) is 12.1 Å². The molecule has 0 aliphatic carbocycles. The zero-order valence-electron chi connectivity index (χ0n) is 10.5. The standard InChI is InChI=1S/C14H17N3O2/c15-11-5-8-17(9-6-11)10-7-16-14(19)12-3-1-2-4-13(12)18/h1-6,8,18H,7,9-10,15H2,(H,16,19). The monoisotopic (exact) mass is 259 g/mol. The van der Waals surface area contributed by atoms with Gasteiger partial charge in [0.2, 0.25) is 0 Å². The van der Waals surface area contributed by atoms with Gasteiger partial charge in [-0.15, -0.1) is 0 Å². The number of carbonyl (C=O) groups excluding carboxylic acids is 1. The van der Waals surface area contributed by atoms with E-state index in [1.54, 1.807) is 18.2 Å². The van der Waals surface area contributed by atoms with Crippen LogP contribution >= 0.6 is 0 Å². The molecule has 0 unspecified atom stereocenters.